The summed E-state index contributed by atoms with van der Waals surface area (Å²) in [6.45, 7) is 3.96. The van der Waals surface area contributed by atoms with E-state index in [-0.39, 0.29) is 17.4 Å². The summed E-state index contributed by atoms with van der Waals surface area (Å²) < 4.78 is 0. The first kappa shape index (κ1) is 16.3. The Labute approximate surface area is 135 Å². The number of carbonyl (C=O) groups excluding carboxylic acids is 2. The first-order valence-electron chi connectivity index (χ1n) is 7.09. The molecular weight excluding hydrogens is 294 g/mol. The van der Waals surface area contributed by atoms with Crippen molar-refractivity contribution in [3.63, 3.8) is 0 Å². The molecule has 1 amide bonds. The molecule has 0 saturated heterocycles. The van der Waals surface area contributed by atoms with Crippen molar-refractivity contribution in [1.29, 1.82) is 0 Å². The highest BCUT2D eigenvalue weighted by molar-refractivity contribution is 8.00. The molecule has 0 radical (unpaired) electrons. The van der Waals surface area contributed by atoms with Gasteiger partial charge in [0, 0.05) is 11.3 Å². The molecule has 1 N–H and O–H groups in total. The lowest BCUT2D eigenvalue weighted by molar-refractivity contribution is -0.113. The molecule has 22 heavy (non-hydrogen) atoms. The maximum absolute atomic E-state index is 12.0. The van der Waals surface area contributed by atoms with Crippen molar-refractivity contribution in [2.45, 2.75) is 13.8 Å². The largest absolute Gasteiger partial charge is 0.325 e. The number of Topliss-reactive ketones (excluding diaryl/α,β-unsaturated/α-hetero) is 1. The lowest BCUT2D eigenvalue weighted by atomic mass is 10.1. The minimum absolute atomic E-state index is 0.0494. The van der Waals surface area contributed by atoms with Gasteiger partial charge in [-0.25, -0.2) is 0 Å². The SMILES string of the molecule is Cc1ccc(C(=O)CSCC(=O)Nc2cccc(C)c2)cc1. The van der Waals surface area contributed by atoms with E-state index in [2.05, 4.69) is 5.32 Å². The van der Waals surface area contributed by atoms with Crippen molar-refractivity contribution in [2.24, 2.45) is 0 Å². The second-order valence-corrected chi connectivity index (χ2v) is 6.19. The number of anilines is 1. The fourth-order valence-corrected chi connectivity index (χ4v) is 2.69. The quantitative estimate of drug-likeness (QED) is 0.824. The summed E-state index contributed by atoms with van der Waals surface area (Å²) in [5, 5.41) is 2.83. The lowest BCUT2D eigenvalue weighted by Crippen LogP contribution is -2.15. The molecule has 0 heterocycles. The molecule has 3 nitrogen and oxygen atoms in total. The summed E-state index contributed by atoms with van der Waals surface area (Å²) in [5.74, 6) is 0.538. The highest BCUT2D eigenvalue weighted by Gasteiger charge is 2.08. The van der Waals surface area contributed by atoms with Crippen LogP contribution in [-0.4, -0.2) is 23.2 Å². The van der Waals surface area contributed by atoms with Gasteiger partial charge in [0.05, 0.1) is 11.5 Å². The average molecular weight is 313 g/mol. The van der Waals surface area contributed by atoms with Gasteiger partial charge in [0.1, 0.15) is 0 Å². The van der Waals surface area contributed by atoms with E-state index in [9.17, 15) is 9.59 Å². The zero-order chi connectivity index (χ0) is 15.9. The van der Waals surface area contributed by atoms with Crippen LogP contribution in [0.4, 0.5) is 5.69 Å². The Morgan fingerprint density at radius 2 is 1.68 bits per heavy atom. The molecule has 2 aromatic carbocycles. The monoisotopic (exact) mass is 313 g/mol. The number of hydrogen-bond acceptors (Lipinski definition) is 3. The molecule has 2 rings (SSSR count). The summed E-state index contributed by atoms with van der Waals surface area (Å²) in [6.07, 6.45) is 0. The molecule has 0 saturated carbocycles. The van der Waals surface area contributed by atoms with Gasteiger partial charge in [-0.15, -0.1) is 11.8 Å². The summed E-state index contributed by atoms with van der Waals surface area (Å²) in [5.41, 5.74) is 3.70. The average Bonchev–Trinajstić information content (AvgIpc) is 2.47. The number of amides is 1. The Bertz CT molecular complexity index is 665. The van der Waals surface area contributed by atoms with Crippen LogP contribution in [0.3, 0.4) is 0 Å². The second kappa shape index (κ2) is 7.80. The van der Waals surface area contributed by atoms with Gasteiger partial charge in [-0.3, -0.25) is 9.59 Å². The second-order valence-electron chi connectivity index (χ2n) is 5.20. The van der Waals surface area contributed by atoms with Gasteiger partial charge in [0.2, 0.25) is 5.91 Å². The van der Waals surface area contributed by atoms with Crippen LogP contribution in [0.5, 0.6) is 0 Å². The molecule has 0 spiro atoms. The number of carbonyl (C=O) groups is 2. The molecule has 4 heteroatoms. The normalized spacial score (nSPS) is 10.3. The number of rotatable bonds is 6. The van der Waals surface area contributed by atoms with E-state index in [1.165, 1.54) is 11.8 Å². The maximum Gasteiger partial charge on any atom is 0.234 e. The van der Waals surface area contributed by atoms with Crippen molar-refractivity contribution >= 4 is 29.1 Å². The van der Waals surface area contributed by atoms with Gasteiger partial charge in [-0.05, 0) is 31.5 Å². The molecule has 2 aromatic rings. The third-order valence-electron chi connectivity index (χ3n) is 3.14. The smallest absolute Gasteiger partial charge is 0.234 e. The fraction of sp³-hybridized carbons (Fsp3) is 0.222. The molecule has 0 aliphatic carbocycles. The van der Waals surface area contributed by atoms with Crippen molar-refractivity contribution in [3.8, 4) is 0 Å². The third kappa shape index (κ3) is 5.04. The van der Waals surface area contributed by atoms with Gasteiger partial charge in [0.15, 0.2) is 5.78 Å². The van der Waals surface area contributed by atoms with E-state index < -0.39 is 0 Å². The maximum atomic E-state index is 12.0. The number of thioether (sulfide) groups is 1. The van der Waals surface area contributed by atoms with E-state index in [1.54, 1.807) is 0 Å². The van der Waals surface area contributed by atoms with E-state index in [0.29, 0.717) is 11.3 Å². The van der Waals surface area contributed by atoms with Crippen LogP contribution in [0.2, 0.25) is 0 Å². The standard InChI is InChI=1S/C18H19NO2S/c1-13-6-8-15(9-7-13)17(20)11-22-12-18(21)19-16-5-3-4-14(2)10-16/h3-10H,11-12H2,1-2H3,(H,19,21). The van der Waals surface area contributed by atoms with E-state index in [0.717, 1.165) is 16.8 Å². The van der Waals surface area contributed by atoms with E-state index in [1.807, 2.05) is 62.4 Å². The molecule has 0 aliphatic rings. The van der Waals surface area contributed by atoms with Gasteiger partial charge >= 0.3 is 0 Å². The number of hydrogen-bond donors (Lipinski definition) is 1. The Morgan fingerprint density at radius 1 is 0.955 bits per heavy atom. The van der Waals surface area contributed by atoms with Gasteiger partial charge in [-0.2, -0.15) is 0 Å². The number of nitrogens with one attached hydrogen (secondary N) is 1. The van der Waals surface area contributed by atoms with Crippen molar-refractivity contribution in [2.75, 3.05) is 16.8 Å². The first-order chi connectivity index (χ1) is 10.5. The van der Waals surface area contributed by atoms with Crippen LogP contribution in [-0.2, 0) is 4.79 Å². The molecule has 0 atom stereocenters. The lowest BCUT2D eigenvalue weighted by Gasteiger charge is -2.06. The minimum Gasteiger partial charge on any atom is -0.325 e. The van der Waals surface area contributed by atoms with Crippen LogP contribution < -0.4 is 5.32 Å². The Kier molecular flexibility index (Phi) is 5.78. The first-order valence-corrected chi connectivity index (χ1v) is 8.24. The molecule has 0 unspecified atom stereocenters. The number of ketones is 1. The van der Waals surface area contributed by atoms with Crippen LogP contribution in [0.1, 0.15) is 21.5 Å². The Morgan fingerprint density at radius 3 is 2.36 bits per heavy atom. The topological polar surface area (TPSA) is 46.2 Å². The summed E-state index contributed by atoms with van der Waals surface area (Å²) in [6, 6.07) is 15.1. The zero-order valence-corrected chi connectivity index (χ0v) is 13.6. The Balaban J connectivity index is 1.77. The molecular formula is C18H19NO2S. The van der Waals surface area contributed by atoms with Crippen LogP contribution in [0, 0.1) is 13.8 Å². The van der Waals surface area contributed by atoms with E-state index >= 15 is 0 Å². The minimum atomic E-state index is -0.0905. The van der Waals surface area contributed by atoms with Crippen LogP contribution in [0.15, 0.2) is 48.5 Å². The fourth-order valence-electron chi connectivity index (χ4n) is 1.98. The van der Waals surface area contributed by atoms with E-state index in [4.69, 9.17) is 0 Å². The van der Waals surface area contributed by atoms with Gasteiger partial charge in [-0.1, -0.05) is 42.0 Å². The zero-order valence-electron chi connectivity index (χ0n) is 12.8. The van der Waals surface area contributed by atoms with Crippen molar-refractivity contribution < 1.29 is 9.59 Å². The van der Waals surface area contributed by atoms with Crippen LogP contribution >= 0.6 is 11.8 Å². The summed E-state index contributed by atoms with van der Waals surface area (Å²) in [4.78, 5) is 23.8. The van der Waals surface area contributed by atoms with Crippen molar-refractivity contribution in [1.82, 2.24) is 0 Å². The highest BCUT2D eigenvalue weighted by Crippen LogP contribution is 2.12. The summed E-state index contributed by atoms with van der Waals surface area (Å²) in [7, 11) is 0. The third-order valence-corrected chi connectivity index (χ3v) is 4.07. The molecule has 0 aromatic heterocycles. The molecule has 0 aliphatic heterocycles. The predicted octanol–water partition coefficient (Wildman–Crippen LogP) is 3.86. The van der Waals surface area contributed by atoms with Crippen molar-refractivity contribution in [3.05, 3.63) is 65.2 Å². The molecule has 114 valence electrons. The number of aryl methyl sites for hydroxylation is 2. The van der Waals surface area contributed by atoms with Gasteiger partial charge in [0.25, 0.3) is 0 Å². The predicted molar refractivity (Wildman–Crippen MR) is 92.6 cm³/mol. The van der Waals surface area contributed by atoms with Crippen LogP contribution in [0.25, 0.3) is 0 Å². The Hall–Kier alpha value is -2.07. The summed E-state index contributed by atoms with van der Waals surface area (Å²) >= 11 is 1.33. The number of benzene rings is 2. The molecule has 0 bridgehead atoms. The molecule has 0 fully saturated rings. The van der Waals surface area contributed by atoms with Gasteiger partial charge < -0.3 is 5.32 Å². The highest BCUT2D eigenvalue weighted by atomic mass is 32.2.